The lowest BCUT2D eigenvalue weighted by Crippen LogP contribution is -2.42. The molecule has 1 aliphatic carbocycles. The largest absolute Gasteiger partial charge is 0.508 e. The van der Waals surface area contributed by atoms with Crippen molar-refractivity contribution in [3.8, 4) is 5.75 Å². The number of aliphatic hydroxyl groups excluding tert-OH is 2. The van der Waals surface area contributed by atoms with Gasteiger partial charge in [-0.15, -0.1) is 0 Å². The van der Waals surface area contributed by atoms with Crippen molar-refractivity contribution in [1.82, 2.24) is 10.2 Å². The number of nitrogens with zero attached hydrogens (tertiary/aromatic N) is 1. The van der Waals surface area contributed by atoms with Gasteiger partial charge in [-0.25, -0.2) is 0 Å². The number of likely N-dealkylation sites (N-methyl/N-ethyl adjacent to an activating group) is 1. The summed E-state index contributed by atoms with van der Waals surface area (Å²) in [6.07, 6.45) is 0.609. The zero-order chi connectivity index (χ0) is 21.7. The van der Waals surface area contributed by atoms with Crippen LogP contribution in [0, 0.1) is 0 Å². The lowest BCUT2D eigenvalue weighted by Gasteiger charge is -2.35. The van der Waals surface area contributed by atoms with Crippen molar-refractivity contribution < 1.29 is 24.9 Å². The number of phenols is 1. The predicted octanol–water partition coefficient (Wildman–Crippen LogP) is 1.67. The third-order valence-electron chi connectivity index (χ3n) is 5.57. The molecule has 30 heavy (non-hydrogen) atoms. The van der Waals surface area contributed by atoms with Crippen LogP contribution in [0.1, 0.15) is 40.9 Å². The molecule has 0 spiro atoms. The van der Waals surface area contributed by atoms with Crippen molar-refractivity contribution in [3.63, 3.8) is 0 Å². The summed E-state index contributed by atoms with van der Waals surface area (Å²) < 4.78 is 6.03. The number of fused-ring (bicyclic) bond motifs is 1. The number of aliphatic hydroxyl groups is 2. The summed E-state index contributed by atoms with van der Waals surface area (Å²) in [5.41, 5.74) is 3.27. The molecular formula is C23H30N2O5. The Bertz CT molecular complexity index is 870. The number of nitrogens with one attached hydrogen (secondary N) is 1. The number of ether oxygens (including phenoxy) is 1. The standard InChI is InChI=1S/C23H30N2O5/c1-25(2)22(29)14-30-23-18-6-4-3-5-15(18)7-9-19(23)24-12-21(28)16-8-10-20(27)17(11-16)13-26/h3-6,8,10-11,19,21,23-24,26-28H,7,9,12-14H2,1-2H3/t19-,21?,23?/m0/s1. The van der Waals surface area contributed by atoms with Gasteiger partial charge < -0.3 is 30.3 Å². The molecule has 0 aliphatic heterocycles. The second-order valence-electron chi connectivity index (χ2n) is 7.83. The number of benzene rings is 2. The normalized spacial score (nSPS) is 19.2. The molecule has 0 radical (unpaired) electrons. The third kappa shape index (κ3) is 5.17. The van der Waals surface area contributed by atoms with Crippen molar-refractivity contribution in [1.29, 1.82) is 0 Å². The Balaban J connectivity index is 1.70. The first-order valence-corrected chi connectivity index (χ1v) is 10.1. The molecule has 7 heteroatoms. The molecule has 0 saturated carbocycles. The van der Waals surface area contributed by atoms with E-state index in [0.29, 0.717) is 11.1 Å². The van der Waals surface area contributed by atoms with Gasteiger partial charge in [0.1, 0.15) is 12.4 Å². The van der Waals surface area contributed by atoms with E-state index in [1.807, 2.05) is 18.2 Å². The molecule has 2 aromatic carbocycles. The van der Waals surface area contributed by atoms with E-state index < -0.39 is 6.10 Å². The van der Waals surface area contributed by atoms with Gasteiger partial charge in [-0.2, -0.15) is 0 Å². The number of amides is 1. The first-order valence-electron chi connectivity index (χ1n) is 10.1. The minimum atomic E-state index is -0.808. The fraction of sp³-hybridized carbons (Fsp3) is 0.435. The predicted molar refractivity (Wildman–Crippen MR) is 113 cm³/mol. The Hall–Kier alpha value is -2.45. The molecule has 2 unspecified atom stereocenters. The molecule has 0 saturated heterocycles. The van der Waals surface area contributed by atoms with Crippen LogP contribution in [0.2, 0.25) is 0 Å². The highest BCUT2D eigenvalue weighted by atomic mass is 16.5. The maximum absolute atomic E-state index is 12.0. The summed E-state index contributed by atoms with van der Waals surface area (Å²) in [5, 5.41) is 33.0. The van der Waals surface area contributed by atoms with Crippen LogP contribution in [0.3, 0.4) is 0 Å². The summed E-state index contributed by atoms with van der Waals surface area (Å²) in [7, 11) is 3.40. The van der Waals surface area contributed by atoms with Gasteiger partial charge in [-0.05, 0) is 41.7 Å². The van der Waals surface area contributed by atoms with E-state index in [9.17, 15) is 20.1 Å². The molecular weight excluding hydrogens is 384 g/mol. The first kappa shape index (κ1) is 22.2. The second-order valence-corrected chi connectivity index (χ2v) is 7.83. The van der Waals surface area contributed by atoms with Crippen molar-refractivity contribution in [2.75, 3.05) is 27.2 Å². The molecule has 0 aromatic heterocycles. The Labute approximate surface area is 176 Å². The highest BCUT2D eigenvalue weighted by molar-refractivity contribution is 5.76. The molecule has 162 valence electrons. The van der Waals surface area contributed by atoms with Crippen LogP contribution >= 0.6 is 0 Å². The van der Waals surface area contributed by atoms with Gasteiger partial charge in [0.25, 0.3) is 0 Å². The van der Waals surface area contributed by atoms with Gasteiger partial charge in [0.05, 0.1) is 18.8 Å². The van der Waals surface area contributed by atoms with Crippen molar-refractivity contribution in [2.24, 2.45) is 0 Å². The first-order chi connectivity index (χ1) is 14.4. The third-order valence-corrected chi connectivity index (χ3v) is 5.57. The molecule has 0 bridgehead atoms. The van der Waals surface area contributed by atoms with E-state index in [-0.39, 0.29) is 43.6 Å². The lowest BCUT2D eigenvalue weighted by atomic mass is 9.85. The maximum Gasteiger partial charge on any atom is 0.248 e. The second kappa shape index (κ2) is 10.0. The molecule has 3 rings (SSSR count). The molecule has 1 aliphatic rings. The number of carbonyl (C=O) groups excluding carboxylic acids is 1. The molecule has 1 amide bonds. The highest BCUT2D eigenvalue weighted by Gasteiger charge is 2.31. The molecule has 0 heterocycles. The Kier molecular flexibility index (Phi) is 7.44. The molecule has 7 nitrogen and oxygen atoms in total. The average Bonchev–Trinajstić information content (AvgIpc) is 2.76. The summed E-state index contributed by atoms with van der Waals surface area (Å²) in [6.45, 7) is -0.0242. The SMILES string of the molecule is CN(C)C(=O)COC1c2ccccc2CC[C@@H]1NCC(O)c1ccc(O)c(CO)c1. The van der Waals surface area contributed by atoms with Crippen molar-refractivity contribution in [3.05, 3.63) is 64.7 Å². The van der Waals surface area contributed by atoms with Gasteiger partial charge in [-0.3, -0.25) is 4.79 Å². The quantitative estimate of drug-likeness (QED) is 0.524. The Morgan fingerprint density at radius 2 is 2.03 bits per heavy atom. The molecule has 0 fully saturated rings. The summed E-state index contributed by atoms with van der Waals surface area (Å²) in [6, 6.07) is 12.7. The summed E-state index contributed by atoms with van der Waals surface area (Å²) >= 11 is 0. The van der Waals surface area contributed by atoms with Crippen LogP contribution in [0.15, 0.2) is 42.5 Å². The summed E-state index contributed by atoms with van der Waals surface area (Å²) in [4.78, 5) is 13.5. The number of carbonyl (C=O) groups is 1. The highest BCUT2D eigenvalue weighted by Crippen LogP contribution is 2.33. The molecule has 4 N–H and O–H groups in total. The monoisotopic (exact) mass is 414 g/mol. The fourth-order valence-electron chi connectivity index (χ4n) is 3.74. The van der Waals surface area contributed by atoms with Crippen LogP contribution in [-0.2, 0) is 22.6 Å². The maximum atomic E-state index is 12.0. The van der Waals surface area contributed by atoms with Crippen LogP contribution in [-0.4, -0.2) is 59.4 Å². The van der Waals surface area contributed by atoms with Crippen LogP contribution in [0.5, 0.6) is 5.75 Å². The van der Waals surface area contributed by atoms with Gasteiger partial charge in [0, 0.05) is 32.2 Å². The van der Waals surface area contributed by atoms with E-state index in [0.717, 1.165) is 18.4 Å². The summed E-state index contributed by atoms with van der Waals surface area (Å²) in [5.74, 6) is -0.0956. The van der Waals surface area contributed by atoms with Gasteiger partial charge in [0.15, 0.2) is 0 Å². The number of hydrogen-bond acceptors (Lipinski definition) is 6. The minimum Gasteiger partial charge on any atom is -0.508 e. The van der Waals surface area contributed by atoms with Crippen LogP contribution < -0.4 is 5.32 Å². The Morgan fingerprint density at radius 1 is 1.27 bits per heavy atom. The van der Waals surface area contributed by atoms with Gasteiger partial charge in [0.2, 0.25) is 5.91 Å². The van der Waals surface area contributed by atoms with E-state index >= 15 is 0 Å². The fourth-order valence-corrected chi connectivity index (χ4v) is 3.74. The number of hydrogen-bond donors (Lipinski definition) is 4. The van der Waals surface area contributed by atoms with E-state index in [2.05, 4.69) is 11.4 Å². The van der Waals surface area contributed by atoms with Gasteiger partial charge in [-0.1, -0.05) is 30.3 Å². The molecule has 3 atom stereocenters. The molecule has 2 aromatic rings. The lowest BCUT2D eigenvalue weighted by molar-refractivity contribution is -0.136. The average molecular weight is 415 g/mol. The topological polar surface area (TPSA) is 102 Å². The number of aromatic hydroxyl groups is 1. The van der Waals surface area contributed by atoms with Crippen LogP contribution in [0.25, 0.3) is 0 Å². The number of aryl methyl sites for hydroxylation is 1. The zero-order valence-corrected chi connectivity index (χ0v) is 17.4. The zero-order valence-electron chi connectivity index (χ0n) is 17.4. The van der Waals surface area contributed by atoms with Crippen molar-refractivity contribution in [2.45, 2.75) is 37.7 Å². The van der Waals surface area contributed by atoms with E-state index in [4.69, 9.17) is 4.74 Å². The van der Waals surface area contributed by atoms with Crippen molar-refractivity contribution >= 4 is 5.91 Å². The van der Waals surface area contributed by atoms with E-state index in [1.165, 1.54) is 16.5 Å². The van der Waals surface area contributed by atoms with Crippen LogP contribution in [0.4, 0.5) is 0 Å². The van der Waals surface area contributed by atoms with Gasteiger partial charge >= 0.3 is 0 Å². The minimum absolute atomic E-state index is 0.00400. The Morgan fingerprint density at radius 3 is 2.77 bits per heavy atom. The smallest absolute Gasteiger partial charge is 0.248 e. The number of rotatable bonds is 8. The van der Waals surface area contributed by atoms with E-state index in [1.54, 1.807) is 26.2 Å².